The summed E-state index contributed by atoms with van der Waals surface area (Å²) in [6.45, 7) is 3.45. The first-order valence-electron chi connectivity index (χ1n) is 9.57. The van der Waals surface area contributed by atoms with Crippen LogP contribution < -0.4 is 5.32 Å². The molecule has 1 aliphatic heterocycles. The Balaban J connectivity index is 1.25. The fourth-order valence-corrected chi connectivity index (χ4v) is 4.45. The molecule has 2 N–H and O–H groups in total. The number of benzene rings is 2. The number of carbonyl (C=O) groups is 1. The van der Waals surface area contributed by atoms with Crippen LogP contribution in [0.25, 0.3) is 0 Å². The van der Waals surface area contributed by atoms with E-state index in [1.165, 1.54) is 0 Å². The Morgan fingerprint density at radius 2 is 1.89 bits per heavy atom. The first kappa shape index (κ1) is 18.3. The number of hydrogen-bond donors (Lipinski definition) is 2. The molecule has 2 fully saturated rings. The van der Waals surface area contributed by atoms with Gasteiger partial charge in [-0.2, -0.15) is 0 Å². The van der Waals surface area contributed by atoms with Crippen molar-refractivity contribution in [2.75, 3.05) is 13.1 Å². The lowest BCUT2D eigenvalue weighted by Gasteiger charge is -2.32. The Kier molecular flexibility index (Phi) is 5.11. The van der Waals surface area contributed by atoms with Crippen LogP contribution in [0.3, 0.4) is 0 Å². The van der Waals surface area contributed by atoms with Crippen LogP contribution in [-0.4, -0.2) is 29.0 Å². The van der Waals surface area contributed by atoms with Gasteiger partial charge in [0.05, 0.1) is 5.02 Å². The van der Waals surface area contributed by atoms with Crippen molar-refractivity contribution in [2.45, 2.75) is 32.4 Å². The molecule has 5 heteroatoms. The van der Waals surface area contributed by atoms with Crippen LogP contribution in [0, 0.1) is 11.3 Å². The SMILES string of the molecule is O=C(NCc1ccccc1)[C@H]1CC12CCN(Cc1ccc(O)c(Cl)c1)CC2. The van der Waals surface area contributed by atoms with Crippen molar-refractivity contribution in [1.29, 1.82) is 0 Å². The van der Waals surface area contributed by atoms with Crippen molar-refractivity contribution in [3.8, 4) is 5.75 Å². The van der Waals surface area contributed by atoms with E-state index < -0.39 is 0 Å². The van der Waals surface area contributed by atoms with E-state index in [2.05, 4.69) is 10.2 Å². The number of nitrogens with one attached hydrogen (secondary N) is 1. The van der Waals surface area contributed by atoms with Gasteiger partial charge in [-0.1, -0.05) is 48.0 Å². The standard InChI is InChI=1S/C22H25ClN2O2/c23-19-12-17(6-7-20(19)26)15-25-10-8-22(9-11-25)13-18(22)21(27)24-14-16-4-2-1-3-5-16/h1-7,12,18,26H,8-11,13-15H2,(H,24,27)/t18-/m1/s1. The summed E-state index contributed by atoms with van der Waals surface area (Å²) in [6.07, 6.45) is 3.16. The summed E-state index contributed by atoms with van der Waals surface area (Å²) >= 11 is 6.00. The molecule has 2 aliphatic rings. The summed E-state index contributed by atoms with van der Waals surface area (Å²) in [6, 6.07) is 15.5. The summed E-state index contributed by atoms with van der Waals surface area (Å²) in [4.78, 5) is 14.9. The van der Waals surface area contributed by atoms with Crippen LogP contribution in [0.1, 0.15) is 30.4 Å². The molecular weight excluding hydrogens is 360 g/mol. The Morgan fingerprint density at radius 3 is 2.59 bits per heavy atom. The molecule has 1 saturated heterocycles. The fraction of sp³-hybridized carbons (Fsp3) is 0.409. The third kappa shape index (κ3) is 4.12. The van der Waals surface area contributed by atoms with Gasteiger partial charge in [0.2, 0.25) is 5.91 Å². The van der Waals surface area contributed by atoms with Gasteiger partial charge in [0.1, 0.15) is 5.75 Å². The molecule has 0 radical (unpaired) electrons. The van der Waals surface area contributed by atoms with Gasteiger partial charge in [-0.3, -0.25) is 9.69 Å². The number of likely N-dealkylation sites (tertiary alicyclic amines) is 1. The third-order valence-electron chi connectivity index (χ3n) is 6.09. The number of rotatable bonds is 5. The van der Waals surface area contributed by atoms with E-state index >= 15 is 0 Å². The molecule has 2 aromatic rings. The van der Waals surface area contributed by atoms with Crippen LogP contribution in [0.2, 0.25) is 5.02 Å². The largest absolute Gasteiger partial charge is 0.506 e. The predicted octanol–water partition coefficient (Wildman–Crippen LogP) is 3.96. The highest BCUT2D eigenvalue weighted by Gasteiger charge is 2.58. The number of halogens is 1. The Morgan fingerprint density at radius 1 is 1.15 bits per heavy atom. The van der Waals surface area contributed by atoms with E-state index in [0.29, 0.717) is 11.6 Å². The second kappa shape index (κ2) is 7.53. The summed E-state index contributed by atoms with van der Waals surface area (Å²) in [5, 5.41) is 13.0. The molecular formula is C22H25ClN2O2. The maximum absolute atomic E-state index is 12.5. The van der Waals surface area contributed by atoms with Crippen molar-refractivity contribution in [2.24, 2.45) is 11.3 Å². The number of phenolic OH excluding ortho intramolecular Hbond substituents is 1. The van der Waals surface area contributed by atoms with Crippen molar-refractivity contribution in [3.05, 3.63) is 64.7 Å². The zero-order chi connectivity index (χ0) is 18.9. The molecule has 1 atom stereocenters. The molecule has 1 saturated carbocycles. The highest BCUT2D eigenvalue weighted by atomic mass is 35.5. The quantitative estimate of drug-likeness (QED) is 0.820. The molecule has 1 aliphatic carbocycles. The molecule has 0 bridgehead atoms. The lowest BCUT2D eigenvalue weighted by atomic mass is 9.90. The van der Waals surface area contributed by atoms with Gasteiger partial charge in [0, 0.05) is 19.0 Å². The van der Waals surface area contributed by atoms with Gasteiger partial charge in [-0.15, -0.1) is 0 Å². The minimum Gasteiger partial charge on any atom is -0.506 e. The van der Waals surface area contributed by atoms with Crippen LogP contribution >= 0.6 is 11.6 Å². The van der Waals surface area contributed by atoms with Crippen molar-refractivity contribution in [3.63, 3.8) is 0 Å². The van der Waals surface area contributed by atoms with Gasteiger partial charge in [0.25, 0.3) is 0 Å². The third-order valence-corrected chi connectivity index (χ3v) is 6.39. The molecule has 1 heterocycles. The average Bonchev–Trinajstić information content (AvgIpc) is 3.39. The average molecular weight is 385 g/mol. The lowest BCUT2D eigenvalue weighted by molar-refractivity contribution is -0.123. The number of piperidine rings is 1. The Hall–Kier alpha value is -2.04. The van der Waals surface area contributed by atoms with Crippen LogP contribution in [0.5, 0.6) is 5.75 Å². The molecule has 1 spiro atoms. The van der Waals surface area contributed by atoms with Gasteiger partial charge >= 0.3 is 0 Å². The Labute approximate surface area is 165 Å². The zero-order valence-corrected chi connectivity index (χ0v) is 16.1. The molecule has 4 rings (SSSR count). The topological polar surface area (TPSA) is 52.6 Å². The smallest absolute Gasteiger partial charge is 0.223 e. The number of aromatic hydroxyl groups is 1. The number of phenols is 1. The maximum atomic E-state index is 12.5. The van der Waals surface area contributed by atoms with E-state index in [-0.39, 0.29) is 23.0 Å². The summed E-state index contributed by atoms with van der Waals surface area (Å²) in [7, 11) is 0. The Bertz CT molecular complexity index is 816. The van der Waals surface area contributed by atoms with E-state index in [0.717, 1.165) is 50.0 Å². The highest BCUT2D eigenvalue weighted by molar-refractivity contribution is 6.32. The second-order valence-corrected chi connectivity index (χ2v) is 8.29. The number of amides is 1. The van der Waals surface area contributed by atoms with Crippen molar-refractivity contribution >= 4 is 17.5 Å². The van der Waals surface area contributed by atoms with Gasteiger partial charge in [-0.25, -0.2) is 0 Å². The highest BCUT2D eigenvalue weighted by Crippen LogP contribution is 2.59. The number of hydrogen-bond acceptors (Lipinski definition) is 3. The maximum Gasteiger partial charge on any atom is 0.223 e. The molecule has 2 aromatic carbocycles. The normalized spacial score (nSPS) is 21.1. The lowest BCUT2D eigenvalue weighted by Crippen LogP contribution is -2.36. The molecule has 0 aromatic heterocycles. The first-order valence-corrected chi connectivity index (χ1v) is 9.95. The molecule has 27 heavy (non-hydrogen) atoms. The molecule has 4 nitrogen and oxygen atoms in total. The minimum atomic E-state index is 0.125. The summed E-state index contributed by atoms with van der Waals surface area (Å²) < 4.78 is 0. The number of nitrogens with zero attached hydrogens (tertiary/aromatic N) is 1. The van der Waals surface area contributed by atoms with E-state index in [4.69, 9.17) is 11.6 Å². The van der Waals surface area contributed by atoms with Crippen molar-refractivity contribution in [1.82, 2.24) is 10.2 Å². The van der Waals surface area contributed by atoms with Gasteiger partial charge < -0.3 is 10.4 Å². The second-order valence-electron chi connectivity index (χ2n) is 7.88. The number of carbonyl (C=O) groups excluding carboxylic acids is 1. The van der Waals surface area contributed by atoms with Gasteiger partial charge in [-0.05, 0) is 61.0 Å². The molecule has 142 valence electrons. The summed E-state index contributed by atoms with van der Waals surface area (Å²) in [5.41, 5.74) is 2.47. The predicted molar refractivity (Wildman–Crippen MR) is 106 cm³/mol. The molecule has 0 unspecified atom stereocenters. The van der Waals surface area contributed by atoms with Crippen LogP contribution in [-0.2, 0) is 17.9 Å². The fourth-order valence-electron chi connectivity index (χ4n) is 4.24. The van der Waals surface area contributed by atoms with E-state index in [1.807, 2.05) is 42.5 Å². The first-order chi connectivity index (χ1) is 13.1. The van der Waals surface area contributed by atoms with Crippen LogP contribution in [0.15, 0.2) is 48.5 Å². The van der Waals surface area contributed by atoms with Gasteiger partial charge in [0.15, 0.2) is 0 Å². The minimum absolute atomic E-state index is 0.125. The zero-order valence-electron chi connectivity index (χ0n) is 15.3. The monoisotopic (exact) mass is 384 g/mol. The van der Waals surface area contributed by atoms with E-state index in [9.17, 15) is 9.90 Å². The van der Waals surface area contributed by atoms with Crippen LogP contribution in [0.4, 0.5) is 0 Å². The van der Waals surface area contributed by atoms with E-state index in [1.54, 1.807) is 6.07 Å². The molecule has 1 amide bonds. The van der Waals surface area contributed by atoms with Crippen molar-refractivity contribution < 1.29 is 9.90 Å². The summed E-state index contributed by atoms with van der Waals surface area (Å²) in [5.74, 6) is 0.504.